The van der Waals surface area contributed by atoms with Gasteiger partial charge in [0.25, 0.3) is 0 Å². The maximum Gasteiger partial charge on any atom is 0.307 e. The van der Waals surface area contributed by atoms with E-state index in [2.05, 4.69) is 0 Å². The first-order valence-electron chi connectivity index (χ1n) is 7.41. The highest BCUT2D eigenvalue weighted by atomic mass is 32.2. The van der Waals surface area contributed by atoms with Crippen molar-refractivity contribution in [2.24, 2.45) is 0 Å². The minimum Gasteiger partial charge on any atom is -0.481 e. The highest BCUT2D eigenvalue weighted by Gasteiger charge is 2.27. The van der Waals surface area contributed by atoms with Crippen LogP contribution in [0.5, 0.6) is 0 Å². The summed E-state index contributed by atoms with van der Waals surface area (Å²) >= 11 is 0. The summed E-state index contributed by atoms with van der Waals surface area (Å²) < 4.78 is 27.1. The number of nitrogens with zero attached hydrogens (tertiary/aromatic N) is 2. The third-order valence-corrected chi connectivity index (χ3v) is 6.07. The molecule has 7 heteroatoms. The Balaban J connectivity index is 3.38. The third-order valence-electron chi connectivity index (χ3n) is 3.92. The van der Waals surface area contributed by atoms with E-state index in [0.29, 0.717) is 29.8 Å². The van der Waals surface area contributed by atoms with E-state index in [9.17, 15) is 13.2 Å². The van der Waals surface area contributed by atoms with Gasteiger partial charge in [0.1, 0.15) is 0 Å². The van der Waals surface area contributed by atoms with Crippen molar-refractivity contribution in [2.75, 3.05) is 34.2 Å². The summed E-state index contributed by atoms with van der Waals surface area (Å²) in [5.41, 5.74) is 2.55. The molecule has 0 radical (unpaired) electrons. The standard InChI is InChI=1S/C16H26N2O4S/c1-11-9-12(2)16(13(3)14(11)10-15(19)20)23(21,22)18(6)8-7-17(4)5/h9H,7-8,10H2,1-6H3,(H,19,20). The molecule has 1 rings (SSSR count). The van der Waals surface area contributed by atoms with Crippen LogP contribution >= 0.6 is 0 Å². The SMILES string of the molecule is Cc1cc(C)c(S(=O)(=O)N(C)CCN(C)C)c(C)c1CC(=O)O. The summed E-state index contributed by atoms with van der Waals surface area (Å²) in [5, 5.41) is 9.07. The first-order chi connectivity index (χ1) is 10.5. The predicted molar refractivity (Wildman–Crippen MR) is 90.4 cm³/mol. The van der Waals surface area contributed by atoms with E-state index in [-0.39, 0.29) is 11.3 Å². The van der Waals surface area contributed by atoms with Crippen molar-refractivity contribution in [2.45, 2.75) is 32.1 Å². The quantitative estimate of drug-likeness (QED) is 0.811. The van der Waals surface area contributed by atoms with Gasteiger partial charge in [-0.2, -0.15) is 4.31 Å². The van der Waals surface area contributed by atoms with Crippen molar-refractivity contribution in [1.82, 2.24) is 9.21 Å². The molecule has 0 heterocycles. The molecule has 0 amide bonds. The largest absolute Gasteiger partial charge is 0.481 e. The van der Waals surface area contributed by atoms with Crippen LogP contribution in [0.25, 0.3) is 0 Å². The molecule has 0 bridgehead atoms. The number of sulfonamides is 1. The summed E-state index contributed by atoms with van der Waals surface area (Å²) in [4.78, 5) is 13.2. The number of likely N-dealkylation sites (N-methyl/N-ethyl adjacent to an activating group) is 2. The van der Waals surface area contributed by atoms with Crippen LogP contribution in [0.15, 0.2) is 11.0 Å². The Morgan fingerprint density at radius 3 is 2.13 bits per heavy atom. The second-order valence-electron chi connectivity index (χ2n) is 6.14. The van der Waals surface area contributed by atoms with Crippen LogP contribution in [-0.4, -0.2) is 62.9 Å². The van der Waals surface area contributed by atoms with Gasteiger partial charge in [0, 0.05) is 20.1 Å². The Bertz CT molecular complexity index is 697. The Morgan fingerprint density at radius 1 is 1.09 bits per heavy atom. The molecule has 0 aliphatic heterocycles. The van der Waals surface area contributed by atoms with Gasteiger partial charge in [-0.25, -0.2) is 8.42 Å². The predicted octanol–water partition coefficient (Wildman–Crippen LogP) is 1.42. The Kier molecular flexibility index (Phi) is 6.33. The van der Waals surface area contributed by atoms with E-state index in [0.717, 1.165) is 5.56 Å². The van der Waals surface area contributed by atoms with E-state index >= 15 is 0 Å². The molecule has 0 aromatic heterocycles. The van der Waals surface area contributed by atoms with Gasteiger partial charge in [-0.15, -0.1) is 0 Å². The highest BCUT2D eigenvalue weighted by Crippen LogP contribution is 2.28. The zero-order chi connectivity index (χ0) is 17.9. The van der Waals surface area contributed by atoms with E-state index in [4.69, 9.17) is 5.11 Å². The van der Waals surface area contributed by atoms with Crippen LogP contribution in [-0.2, 0) is 21.2 Å². The molecule has 1 N–H and O–H groups in total. The van der Waals surface area contributed by atoms with Gasteiger partial charge in [0.2, 0.25) is 10.0 Å². The number of aryl methyl sites for hydroxylation is 2. The molecule has 1 aromatic carbocycles. The van der Waals surface area contributed by atoms with E-state index in [1.165, 1.54) is 4.31 Å². The number of carboxylic acids is 1. The molecule has 0 saturated heterocycles. The molecule has 0 spiro atoms. The van der Waals surface area contributed by atoms with Crippen molar-refractivity contribution >= 4 is 16.0 Å². The number of carboxylic acid groups (broad SMARTS) is 1. The summed E-state index contributed by atoms with van der Waals surface area (Å²) in [6, 6.07) is 1.75. The van der Waals surface area contributed by atoms with Crippen molar-refractivity contribution in [3.05, 3.63) is 28.3 Å². The maximum absolute atomic E-state index is 12.9. The second-order valence-corrected chi connectivity index (χ2v) is 8.13. The van der Waals surface area contributed by atoms with Gasteiger partial charge in [-0.1, -0.05) is 6.07 Å². The zero-order valence-electron chi connectivity index (χ0n) is 14.7. The van der Waals surface area contributed by atoms with Gasteiger partial charge < -0.3 is 10.0 Å². The maximum atomic E-state index is 12.9. The fourth-order valence-corrected chi connectivity index (χ4v) is 4.25. The van der Waals surface area contributed by atoms with Gasteiger partial charge in [-0.3, -0.25) is 4.79 Å². The second kappa shape index (κ2) is 7.42. The lowest BCUT2D eigenvalue weighted by atomic mass is 9.97. The smallest absolute Gasteiger partial charge is 0.307 e. The Labute approximate surface area is 138 Å². The van der Waals surface area contributed by atoms with Gasteiger partial charge in [0.15, 0.2) is 0 Å². The Hall–Kier alpha value is -1.44. The molecule has 130 valence electrons. The molecule has 0 aliphatic rings. The molecule has 0 saturated carbocycles. The van der Waals surface area contributed by atoms with Crippen molar-refractivity contribution in [1.29, 1.82) is 0 Å². The number of benzene rings is 1. The average Bonchev–Trinajstić information content (AvgIpc) is 2.39. The fourth-order valence-electron chi connectivity index (χ4n) is 2.64. The third kappa shape index (κ3) is 4.53. The van der Waals surface area contributed by atoms with Crippen molar-refractivity contribution < 1.29 is 18.3 Å². The lowest BCUT2D eigenvalue weighted by molar-refractivity contribution is -0.136. The first kappa shape index (κ1) is 19.6. The van der Waals surface area contributed by atoms with E-state index in [1.54, 1.807) is 27.0 Å². The highest BCUT2D eigenvalue weighted by molar-refractivity contribution is 7.89. The molecule has 0 unspecified atom stereocenters. The van der Waals surface area contributed by atoms with Crippen molar-refractivity contribution in [3.63, 3.8) is 0 Å². The lowest BCUT2D eigenvalue weighted by Crippen LogP contribution is -2.34. The van der Waals surface area contributed by atoms with Crippen LogP contribution in [0.3, 0.4) is 0 Å². The monoisotopic (exact) mass is 342 g/mol. The number of carbonyl (C=O) groups is 1. The summed E-state index contributed by atoms with van der Waals surface area (Å²) in [5.74, 6) is -0.968. The van der Waals surface area contributed by atoms with Gasteiger partial charge in [-0.05, 0) is 57.1 Å². The number of hydrogen-bond acceptors (Lipinski definition) is 4. The minimum atomic E-state index is -3.66. The molecule has 0 fully saturated rings. The number of hydrogen-bond donors (Lipinski definition) is 1. The van der Waals surface area contributed by atoms with E-state index in [1.807, 2.05) is 25.9 Å². The molecule has 1 aromatic rings. The van der Waals surface area contributed by atoms with Crippen LogP contribution in [0.1, 0.15) is 22.3 Å². The fraction of sp³-hybridized carbons (Fsp3) is 0.562. The van der Waals surface area contributed by atoms with E-state index < -0.39 is 16.0 Å². The number of rotatable bonds is 7. The minimum absolute atomic E-state index is 0.179. The summed E-state index contributed by atoms with van der Waals surface area (Å²) in [6.45, 7) is 6.23. The molecule has 23 heavy (non-hydrogen) atoms. The summed E-state index contributed by atoms with van der Waals surface area (Å²) in [6.07, 6.45) is -0.179. The van der Waals surface area contributed by atoms with Gasteiger partial charge >= 0.3 is 5.97 Å². The average molecular weight is 342 g/mol. The Morgan fingerprint density at radius 2 is 1.65 bits per heavy atom. The molecule has 0 aliphatic carbocycles. The zero-order valence-corrected chi connectivity index (χ0v) is 15.5. The molecule has 6 nitrogen and oxygen atoms in total. The number of aliphatic carboxylic acids is 1. The molecular formula is C16H26N2O4S. The first-order valence-corrected chi connectivity index (χ1v) is 8.85. The topological polar surface area (TPSA) is 77.9 Å². The van der Waals surface area contributed by atoms with Crippen LogP contribution in [0, 0.1) is 20.8 Å². The van der Waals surface area contributed by atoms with Crippen LogP contribution in [0.4, 0.5) is 0 Å². The van der Waals surface area contributed by atoms with Crippen LogP contribution < -0.4 is 0 Å². The van der Waals surface area contributed by atoms with Crippen molar-refractivity contribution in [3.8, 4) is 0 Å². The summed E-state index contributed by atoms with van der Waals surface area (Å²) in [7, 11) is 1.66. The van der Waals surface area contributed by atoms with Crippen LogP contribution in [0.2, 0.25) is 0 Å². The normalized spacial score (nSPS) is 12.2. The van der Waals surface area contributed by atoms with Gasteiger partial charge in [0.05, 0.1) is 11.3 Å². The molecular weight excluding hydrogens is 316 g/mol. The molecule has 0 atom stereocenters. The lowest BCUT2D eigenvalue weighted by Gasteiger charge is -2.23.